The lowest BCUT2D eigenvalue weighted by Crippen LogP contribution is -2.31. The molecular formula is C11H22N2O2. The number of nitrogens with two attached hydrogens (primary N) is 1. The van der Waals surface area contributed by atoms with Gasteiger partial charge in [-0.1, -0.05) is 6.42 Å². The second-order valence-corrected chi connectivity index (χ2v) is 4.33. The number of hydrogen-bond acceptors (Lipinski definition) is 3. The number of amides is 1. The number of carbonyl (C=O) groups excluding carboxylic acids is 1. The lowest BCUT2D eigenvalue weighted by Gasteiger charge is -2.17. The fraction of sp³-hybridized carbons (Fsp3) is 0.909. The van der Waals surface area contributed by atoms with Crippen LogP contribution in [0, 0.1) is 11.8 Å². The molecule has 88 valence electrons. The molecule has 1 amide bonds. The molecule has 1 aliphatic rings. The zero-order chi connectivity index (χ0) is 11.1. The van der Waals surface area contributed by atoms with Crippen LogP contribution in [0.1, 0.15) is 32.1 Å². The molecule has 2 atom stereocenters. The van der Waals surface area contributed by atoms with Gasteiger partial charge in [-0.05, 0) is 37.6 Å². The van der Waals surface area contributed by atoms with Gasteiger partial charge in [0.2, 0.25) is 5.91 Å². The summed E-state index contributed by atoms with van der Waals surface area (Å²) in [5.41, 5.74) is 5.33. The highest BCUT2D eigenvalue weighted by Crippen LogP contribution is 2.30. The van der Waals surface area contributed by atoms with Gasteiger partial charge in [0.1, 0.15) is 0 Å². The molecule has 0 heterocycles. The third-order valence-electron chi connectivity index (χ3n) is 3.22. The number of nitrogens with one attached hydrogen (secondary N) is 1. The fourth-order valence-electron chi connectivity index (χ4n) is 2.22. The van der Waals surface area contributed by atoms with Crippen LogP contribution in [0.5, 0.6) is 0 Å². The summed E-state index contributed by atoms with van der Waals surface area (Å²) in [5, 5.41) is 12.0. The van der Waals surface area contributed by atoms with Gasteiger partial charge in [0.05, 0.1) is 0 Å². The maximum atomic E-state index is 11.3. The second-order valence-electron chi connectivity index (χ2n) is 4.33. The van der Waals surface area contributed by atoms with Crippen molar-refractivity contribution in [3.8, 4) is 0 Å². The van der Waals surface area contributed by atoms with Gasteiger partial charge in [-0.2, -0.15) is 0 Å². The number of rotatable bonds is 6. The molecule has 15 heavy (non-hydrogen) atoms. The Morgan fingerprint density at radius 2 is 2.13 bits per heavy atom. The molecule has 0 radical (unpaired) electrons. The topological polar surface area (TPSA) is 75.4 Å². The Bertz CT molecular complexity index is 197. The van der Waals surface area contributed by atoms with E-state index in [0.29, 0.717) is 31.3 Å². The highest BCUT2D eigenvalue weighted by molar-refractivity contribution is 5.75. The van der Waals surface area contributed by atoms with E-state index in [0.717, 1.165) is 19.3 Å². The minimum Gasteiger partial charge on any atom is -0.396 e. The summed E-state index contributed by atoms with van der Waals surface area (Å²) in [7, 11) is 0. The Hall–Kier alpha value is -0.610. The monoisotopic (exact) mass is 214 g/mol. The van der Waals surface area contributed by atoms with Crippen LogP contribution >= 0.6 is 0 Å². The van der Waals surface area contributed by atoms with Crippen LogP contribution < -0.4 is 11.1 Å². The van der Waals surface area contributed by atoms with Gasteiger partial charge in [0.25, 0.3) is 0 Å². The molecule has 4 nitrogen and oxygen atoms in total. The van der Waals surface area contributed by atoms with Crippen LogP contribution in [-0.2, 0) is 4.79 Å². The summed E-state index contributed by atoms with van der Waals surface area (Å²) in [6.45, 7) is 1.54. The van der Waals surface area contributed by atoms with Crippen LogP contribution in [0.4, 0.5) is 0 Å². The van der Waals surface area contributed by atoms with Gasteiger partial charge in [0.15, 0.2) is 0 Å². The minimum absolute atomic E-state index is 0.0871. The molecular weight excluding hydrogens is 192 g/mol. The van der Waals surface area contributed by atoms with Gasteiger partial charge in [-0.15, -0.1) is 0 Å². The summed E-state index contributed by atoms with van der Waals surface area (Å²) < 4.78 is 0. The van der Waals surface area contributed by atoms with E-state index in [1.807, 2.05) is 0 Å². The third-order valence-corrected chi connectivity index (χ3v) is 3.22. The smallest absolute Gasteiger partial charge is 0.220 e. The first-order valence-electron chi connectivity index (χ1n) is 5.85. The van der Waals surface area contributed by atoms with Crippen molar-refractivity contribution in [2.24, 2.45) is 17.6 Å². The van der Waals surface area contributed by atoms with Crippen LogP contribution in [0.2, 0.25) is 0 Å². The molecule has 4 heteroatoms. The molecule has 0 aromatic heterocycles. The van der Waals surface area contributed by atoms with E-state index in [-0.39, 0.29) is 12.5 Å². The standard InChI is InChI=1S/C11H22N2O2/c12-6-2-5-11(15)13-7-9-3-1-4-10(9)8-14/h9-10,14H,1-8,12H2,(H,13,15). The van der Waals surface area contributed by atoms with E-state index in [1.165, 1.54) is 6.42 Å². The van der Waals surface area contributed by atoms with Crippen molar-refractivity contribution in [1.82, 2.24) is 5.32 Å². The van der Waals surface area contributed by atoms with E-state index in [2.05, 4.69) is 5.32 Å². The molecule has 1 saturated carbocycles. The molecule has 0 aromatic carbocycles. The van der Waals surface area contributed by atoms with E-state index in [9.17, 15) is 4.79 Å². The van der Waals surface area contributed by atoms with Crippen LogP contribution in [0.15, 0.2) is 0 Å². The highest BCUT2D eigenvalue weighted by atomic mass is 16.3. The van der Waals surface area contributed by atoms with Crippen molar-refractivity contribution in [2.45, 2.75) is 32.1 Å². The molecule has 1 fully saturated rings. The van der Waals surface area contributed by atoms with E-state index in [4.69, 9.17) is 10.8 Å². The predicted molar refractivity (Wildman–Crippen MR) is 59.2 cm³/mol. The van der Waals surface area contributed by atoms with Gasteiger partial charge in [-0.25, -0.2) is 0 Å². The lowest BCUT2D eigenvalue weighted by atomic mass is 9.97. The predicted octanol–water partition coefficient (Wildman–Crippen LogP) is 0.250. The van der Waals surface area contributed by atoms with Crippen LogP contribution in [0.3, 0.4) is 0 Å². The van der Waals surface area contributed by atoms with E-state index in [1.54, 1.807) is 0 Å². The van der Waals surface area contributed by atoms with Gasteiger partial charge in [0, 0.05) is 19.6 Å². The number of carbonyl (C=O) groups is 1. The highest BCUT2D eigenvalue weighted by Gasteiger charge is 2.26. The Labute approximate surface area is 91.2 Å². The van der Waals surface area contributed by atoms with E-state index >= 15 is 0 Å². The number of aliphatic hydroxyl groups excluding tert-OH is 1. The molecule has 0 aromatic rings. The van der Waals surface area contributed by atoms with Gasteiger partial charge < -0.3 is 16.2 Å². The van der Waals surface area contributed by atoms with Crippen molar-refractivity contribution in [3.05, 3.63) is 0 Å². The van der Waals surface area contributed by atoms with Crippen molar-refractivity contribution in [3.63, 3.8) is 0 Å². The molecule has 4 N–H and O–H groups in total. The molecule has 0 saturated heterocycles. The minimum atomic E-state index is 0.0871. The van der Waals surface area contributed by atoms with Gasteiger partial charge in [-0.3, -0.25) is 4.79 Å². The maximum absolute atomic E-state index is 11.3. The van der Waals surface area contributed by atoms with Crippen LogP contribution in [0.25, 0.3) is 0 Å². The maximum Gasteiger partial charge on any atom is 0.220 e. The summed E-state index contributed by atoms with van der Waals surface area (Å²) in [4.78, 5) is 11.3. The van der Waals surface area contributed by atoms with Crippen LogP contribution in [-0.4, -0.2) is 30.7 Å². The SMILES string of the molecule is NCCCC(=O)NCC1CCCC1CO. The molecule has 2 unspecified atom stereocenters. The second kappa shape index (κ2) is 6.80. The summed E-state index contributed by atoms with van der Waals surface area (Å²) >= 11 is 0. The zero-order valence-electron chi connectivity index (χ0n) is 9.24. The molecule has 0 aliphatic heterocycles. The van der Waals surface area contributed by atoms with Crippen molar-refractivity contribution in [1.29, 1.82) is 0 Å². The summed E-state index contributed by atoms with van der Waals surface area (Å²) in [6.07, 6.45) is 4.67. The number of hydrogen-bond donors (Lipinski definition) is 3. The Kier molecular flexibility index (Phi) is 5.65. The molecule has 0 bridgehead atoms. The quantitative estimate of drug-likeness (QED) is 0.593. The first-order valence-corrected chi connectivity index (χ1v) is 5.85. The fourth-order valence-corrected chi connectivity index (χ4v) is 2.22. The zero-order valence-corrected chi connectivity index (χ0v) is 9.24. The molecule has 1 rings (SSSR count). The Morgan fingerprint density at radius 3 is 2.80 bits per heavy atom. The van der Waals surface area contributed by atoms with E-state index < -0.39 is 0 Å². The molecule has 0 spiro atoms. The molecule has 1 aliphatic carbocycles. The van der Waals surface area contributed by atoms with Crippen molar-refractivity contribution < 1.29 is 9.90 Å². The third kappa shape index (κ3) is 4.18. The first kappa shape index (κ1) is 12.5. The average Bonchev–Trinajstić information content (AvgIpc) is 2.70. The number of aliphatic hydroxyl groups is 1. The lowest BCUT2D eigenvalue weighted by molar-refractivity contribution is -0.121. The average molecular weight is 214 g/mol. The summed E-state index contributed by atoms with van der Waals surface area (Å²) in [5.74, 6) is 0.945. The normalized spacial score (nSPS) is 25.5. The van der Waals surface area contributed by atoms with Crippen molar-refractivity contribution >= 4 is 5.91 Å². The van der Waals surface area contributed by atoms with Crippen molar-refractivity contribution in [2.75, 3.05) is 19.7 Å². The Morgan fingerprint density at radius 1 is 1.40 bits per heavy atom. The van der Waals surface area contributed by atoms with Gasteiger partial charge >= 0.3 is 0 Å². The Balaban J connectivity index is 2.15. The summed E-state index contributed by atoms with van der Waals surface area (Å²) in [6, 6.07) is 0. The largest absolute Gasteiger partial charge is 0.396 e. The first-order chi connectivity index (χ1) is 7.27.